The third-order valence-electron chi connectivity index (χ3n) is 3.79. The summed E-state index contributed by atoms with van der Waals surface area (Å²) in [6.07, 6.45) is 2.09. The van der Waals surface area contributed by atoms with E-state index >= 15 is 0 Å². The zero-order valence-electron chi connectivity index (χ0n) is 11.3. The van der Waals surface area contributed by atoms with E-state index in [0.717, 1.165) is 50.2 Å². The van der Waals surface area contributed by atoms with Crippen LogP contribution < -0.4 is 0 Å². The van der Waals surface area contributed by atoms with Crippen LogP contribution in [0, 0.1) is 12.7 Å². The van der Waals surface area contributed by atoms with Crippen molar-refractivity contribution >= 4 is 0 Å². The molecule has 100 valence electrons. The van der Waals surface area contributed by atoms with E-state index in [-0.39, 0.29) is 5.82 Å². The lowest BCUT2D eigenvalue weighted by Crippen LogP contribution is -2.35. The van der Waals surface area contributed by atoms with Gasteiger partial charge >= 0.3 is 0 Å². The second-order valence-corrected chi connectivity index (χ2v) is 5.13. The van der Waals surface area contributed by atoms with Gasteiger partial charge in [-0.05, 0) is 56.0 Å². The molecule has 1 heterocycles. The predicted molar refractivity (Wildman–Crippen MR) is 71.4 cm³/mol. The average Bonchev–Trinajstić information content (AvgIpc) is 2.37. The quantitative estimate of drug-likeness (QED) is 0.815. The number of nitrogens with zero attached hydrogens (tertiary/aromatic N) is 1. The molecule has 1 aromatic carbocycles. The molecule has 0 aliphatic carbocycles. The number of hydrogen-bond donors (Lipinski definition) is 0. The summed E-state index contributed by atoms with van der Waals surface area (Å²) in [6, 6.07) is 5.61. The van der Waals surface area contributed by atoms with Gasteiger partial charge in [0, 0.05) is 13.7 Å². The van der Waals surface area contributed by atoms with Gasteiger partial charge in [-0.3, -0.25) is 0 Å². The Morgan fingerprint density at radius 2 is 2.06 bits per heavy atom. The fraction of sp³-hybridized carbons (Fsp3) is 0.600. The Morgan fingerprint density at radius 1 is 1.33 bits per heavy atom. The smallest absolute Gasteiger partial charge is 0.126 e. The number of benzene rings is 1. The molecule has 0 amide bonds. The Labute approximate surface area is 109 Å². The fourth-order valence-electron chi connectivity index (χ4n) is 2.65. The summed E-state index contributed by atoms with van der Waals surface area (Å²) < 4.78 is 19.0. The molecule has 3 heteroatoms. The second-order valence-electron chi connectivity index (χ2n) is 5.13. The molecule has 2 rings (SSSR count). The largest absolute Gasteiger partial charge is 0.383 e. The van der Waals surface area contributed by atoms with Crippen LogP contribution in [0.2, 0.25) is 0 Å². The molecule has 1 saturated heterocycles. The minimum absolute atomic E-state index is 0.0367. The molecule has 0 spiro atoms. The zero-order chi connectivity index (χ0) is 13.0. The Hall–Kier alpha value is -0.930. The van der Waals surface area contributed by atoms with Crippen LogP contribution in [0.15, 0.2) is 18.2 Å². The van der Waals surface area contributed by atoms with Crippen LogP contribution in [0.1, 0.15) is 29.9 Å². The lowest BCUT2D eigenvalue weighted by Gasteiger charge is -2.32. The molecule has 18 heavy (non-hydrogen) atoms. The van der Waals surface area contributed by atoms with Crippen molar-refractivity contribution in [2.45, 2.75) is 25.7 Å². The van der Waals surface area contributed by atoms with Crippen LogP contribution in [-0.2, 0) is 4.74 Å². The van der Waals surface area contributed by atoms with E-state index in [2.05, 4.69) is 4.90 Å². The zero-order valence-corrected chi connectivity index (χ0v) is 11.3. The Bertz CT molecular complexity index is 386. The predicted octanol–water partition coefficient (Wildman–Crippen LogP) is 2.96. The minimum atomic E-state index is -0.0367. The van der Waals surface area contributed by atoms with Gasteiger partial charge in [0.1, 0.15) is 5.82 Å². The van der Waals surface area contributed by atoms with Gasteiger partial charge < -0.3 is 9.64 Å². The molecule has 1 aliphatic heterocycles. The first kappa shape index (κ1) is 13.5. The third-order valence-corrected chi connectivity index (χ3v) is 3.79. The van der Waals surface area contributed by atoms with Crippen LogP contribution in [0.5, 0.6) is 0 Å². The molecule has 0 radical (unpaired) electrons. The first-order valence-corrected chi connectivity index (χ1v) is 6.68. The van der Waals surface area contributed by atoms with Crippen molar-refractivity contribution in [1.82, 2.24) is 4.90 Å². The Balaban J connectivity index is 1.93. The van der Waals surface area contributed by atoms with Crippen LogP contribution in [0.4, 0.5) is 4.39 Å². The first-order chi connectivity index (χ1) is 8.70. The van der Waals surface area contributed by atoms with Gasteiger partial charge in [0.2, 0.25) is 0 Å². The van der Waals surface area contributed by atoms with Gasteiger partial charge in [0.25, 0.3) is 0 Å². The number of methoxy groups -OCH3 is 1. The second kappa shape index (κ2) is 6.30. The van der Waals surface area contributed by atoms with Crippen molar-refractivity contribution in [2.24, 2.45) is 0 Å². The van der Waals surface area contributed by atoms with Crippen molar-refractivity contribution in [3.63, 3.8) is 0 Å². The molecule has 1 fully saturated rings. The molecular weight excluding hydrogens is 229 g/mol. The summed E-state index contributed by atoms with van der Waals surface area (Å²) in [5.74, 6) is 0.342. The summed E-state index contributed by atoms with van der Waals surface area (Å²) in [5, 5.41) is 0. The number of ether oxygens (including phenoxy) is 1. The van der Waals surface area contributed by atoms with Gasteiger partial charge in [-0.1, -0.05) is 12.1 Å². The molecular formula is C15H22FNO. The van der Waals surface area contributed by atoms with E-state index in [1.165, 1.54) is 0 Å². The fourth-order valence-corrected chi connectivity index (χ4v) is 2.65. The summed E-state index contributed by atoms with van der Waals surface area (Å²) in [4.78, 5) is 2.39. The van der Waals surface area contributed by atoms with E-state index < -0.39 is 0 Å². The van der Waals surface area contributed by atoms with E-state index in [4.69, 9.17) is 4.74 Å². The highest BCUT2D eigenvalue weighted by Crippen LogP contribution is 2.30. The average molecular weight is 251 g/mol. The summed E-state index contributed by atoms with van der Waals surface area (Å²) >= 11 is 0. The molecule has 0 bridgehead atoms. The standard InChI is InChI=1S/C15H22FNO/c1-12-3-4-14(15(16)11-12)13-5-7-17(8-6-13)9-10-18-2/h3-4,11,13H,5-10H2,1-2H3. The topological polar surface area (TPSA) is 12.5 Å². The highest BCUT2D eigenvalue weighted by molar-refractivity contribution is 5.26. The molecule has 0 unspecified atom stereocenters. The molecule has 0 aromatic heterocycles. The Morgan fingerprint density at radius 3 is 2.67 bits per heavy atom. The maximum absolute atomic E-state index is 13.9. The molecule has 0 saturated carbocycles. The van der Waals surface area contributed by atoms with E-state index in [1.807, 2.05) is 19.1 Å². The van der Waals surface area contributed by atoms with Gasteiger partial charge in [-0.25, -0.2) is 4.39 Å². The number of aryl methyl sites for hydroxylation is 1. The lowest BCUT2D eigenvalue weighted by molar-refractivity contribution is 0.130. The number of halogens is 1. The van der Waals surface area contributed by atoms with Gasteiger partial charge in [-0.2, -0.15) is 0 Å². The van der Waals surface area contributed by atoms with Crippen molar-refractivity contribution in [3.05, 3.63) is 35.1 Å². The summed E-state index contributed by atoms with van der Waals surface area (Å²) in [7, 11) is 1.73. The highest BCUT2D eigenvalue weighted by atomic mass is 19.1. The number of likely N-dealkylation sites (tertiary alicyclic amines) is 1. The van der Waals surface area contributed by atoms with Crippen molar-refractivity contribution in [3.8, 4) is 0 Å². The van der Waals surface area contributed by atoms with Crippen LogP contribution >= 0.6 is 0 Å². The van der Waals surface area contributed by atoms with E-state index in [9.17, 15) is 4.39 Å². The van der Waals surface area contributed by atoms with Gasteiger partial charge in [0.15, 0.2) is 0 Å². The van der Waals surface area contributed by atoms with E-state index in [1.54, 1.807) is 13.2 Å². The SMILES string of the molecule is COCCN1CCC(c2ccc(C)cc2F)CC1. The van der Waals surface area contributed by atoms with Crippen molar-refractivity contribution in [1.29, 1.82) is 0 Å². The number of rotatable bonds is 4. The minimum Gasteiger partial charge on any atom is -0.383 e. The van der Waals surface area contributed by atoms with Crippen molar-refractivity contribution < 1.29 is 9.13 Å². The molecule has 1 aromatic rings. The van der Waals surface area contributed by atoms with Gasteiger partial charge in [-0.15, -0.1) is 0 Å². The normalized spacial score (nSPS) is 18.2. The number of hydrogen-bond acceptors (Lipinski definition) is 2. The van der Waals surface area contributed by atoms with Crippen LogP contribution in [0.3, 0.4) is 0 Å². The van der Waals surface area contributed by atoms with Crippen LogP contribution in [-0.4, -0.2) is 38.3 Å². The van der Waals surface area contributed by atoms with E-state index in [0.29, 0.717) is 5.92 Å². The molecule has 0 N–H and O–H groups in total. The molecule has 2 nitrogen and oxygen atoms in total. The first-order valence-electron chi connectivity index (χ1n) is 6.68. The molecule has 1 aliphatic rings. The molecule has 0 atom stereocenters. The Kier molecular flexibility index (Phi) is 4.72. The van der Waals surface area contributed by atoms with Crippen LogP contribution in [0.25, 0.3) is 0 Å². The summed E-state index contributed by atoms with van der Waals surface area (Å²) in [6.45, 7) is 5.78. The lowest BCUT2D eigenvalue weighted by atomic mass is 9.88. The van der Waals surface area contributed by atoms with Crippen molar-refractivity contribution in [2.75, 3.05) is 33.4 Å². The maximum Gasteiger partial charge on any atom is 0.126 e. The monoisotopic (exact) mass is 251 g/mol. The third kappa shape index (κ3) is 3.30. The van der Waals surface area contributed by atoms with Gasteiger partial charge in [0.05, 0.1) is 6.61 Å². The highest BCUT2D eigenvalue weighted by Gasteiger charge is 2.22. The number of piperidine rings is 1. The maximum atomic E-state index is 13.9. The summed E-state index contributed by atoms with van der Waals surface area (Å²) in [5.41, 5.74) is 1.89.